The third-order valence-electron chi connectivity index (χ3n) is 6.99. The average molecular weight is 495 g/mol. The first-order chi connectivity index (χ1) is 16.9. The predicted molar refractivity (Wildman–Crippen MR) is 136 cm³/mol. The molecule has 0 unspecified atom stereocenters. The number of benzene rings is 2. The van der Waals surface area contributed by atoms with Gasteiger partial charge in [-0.05, 0) is 67.3 Å². The second kappa shape index (κ2) is 9.39. The maximum atomic E-state index is 13.2. The molecule has 0 bridgehead atoms. The number of rotatable bonds is 7. The Morgan fingerprint density at radius 2 is 1.94 bits per heavy atom. The Hall–Kier alpha value is -3.30. The van der Waals surface area contributed by atoms with Crippen LogP contribution in [0.25, 0.3) is 21.8 Å². The largest absolute Gasteiger partial charge is 0.497 e. The maximum Gasteiger partial charge on any atom is 0.243 e. The van der Waals surface area contributed by atoms with Gasteiger partial charge < -0.3 is 19.6 Å². The molecule has 3 heterocycles. The molecule has 0 atom stereocenters. The Bertz CT molecular complexity index is 1480. The van der Waals surface area contributed by atoms with E-state index in [9.17, 15) is 13.2 Å². The number of piperidine rings is 1. The van der Waals surface area contributed by atoms with E-state index in [1.807, 2.05) is 54.3 Å². The molecule has 0 spiro atoms. The summed E-state index contributed by atoms with van der Waals surface area (Å²) in [5, 5.41) is 5.03. The molecule has 2 N–H and O–H groups in total. The number of ether oxygens (including phenoxy) is 1. The lowest BCUT2D eigenvalue weighted by Crippen LogP contribution is -2.43. The second-order valence-corrected chi connectivity index (χ2v) is 11.0. The van der Waals surface area contributed by atoms with Crippen LogP contribution in [-0.2, 0) is 28.3 Å². The first-order valence-electron chi connectivity index (χ1n) is 11.8. The summed E-state index contributed by atoms with van der Waals surface area (Å²) in [6.45, 7) is 1.21. The van der Waals surface area contributed by atoms with Crippen LogP contribution in [-0.4, -0.2) is 54.9 Å². The van der Waals surface area contributed by atoms with Gasteiger partial charge in [-0.2, -0.15) is 4.31 Å². The van der Waals surface area contributed by atoms with Gasteiger partial charge in [0.15, 0.2) is 0 Å². The number of nitrogens with one attached hydrogen (secondary N) is 2. The van der Waals surface area contributed by atoms with Gasteiger partial charge in [-0.15, -0.1) is 0 Å². The van der Waals surface area contributed by atoms with Crippen LogP contribution in [0.1, 0.15) is 18.4 Å². The van der Waals surface area contributed by atoms with Crippen molar-refractivity contribution in [1.82, 2.24) is 19.2 Å². The number of carbonyl (C=O) groups excluding carboxylic acids is 1. The van der Waals surface area contributed by atoms with Gasteiger partial charge in [-0.1, -0.05) is 0 Å². The van der Waals surface area contributed by atoms with Gasteiger partial charge in [-0.25, -0.2) is 8.42 Å². The molecule has 0 radical (unpaired) electrons. The summed E-state index contributed by atoms with van der Waals surface area (Å²) >= 11 is 0. The van der Waals surface area contributed by atoms with E-state index in [0.717, 1.165) is 33.1 Å². The lowest BCUT2D eigenvalue weighted by Gasteiger charge is -2.30. The second-order valence-electron chi connectivity index (χ2n) is 9.09. The van der Waals surface area contributed by atoms with Crippen LogP contribution in [0.5, 0.6) is 5.75 Å². The fourth-order valence-corrected chi connectivity index (χ4v) is 6.39. The Labute approximate surface area is 204 Å². The highest BCUT2D eigenvalue weighted by Crippen LogP contribution is 2.27. The third kappa shape index (κ3) is 4.53. The number of methoxy groups -OCH3 is 1. The summed E-state index contributed by atoms with van der Waals surface area (Å²) in [5.74, 6) is 0.610. The van der Waals surface area contributed by atoms with Crippen molar-refractivity contribution in [1.29, 1.82) is 0 Å². The van der Waals surface area contributed by atoms with Crippen molar-refractivity contribution in [3.63, 3.8) is 0 Å². The Morgan fingerprint density at radius 3 is 2.71 bits per heavy atom. The molecule has 0 aliphatic carbocycles. The maximum absolute atomic E-state index is 13.2. The number of hydrogen-bond acceptors (Lipinski definition) is 4. The van der Waals surface area contributed by atoms with Crippen LogP contribution in [0, 0.1) is 5.92 Å². The zero-order valence-corrected chi connectivity index (χ0v) is 20.8. The molecule has 35 heavy (non-hydrogen) atoms. The molecule has 1 aliphatic heterocycles. The minimum Gasteiger partial charge on any atom is -0.497 e. The molecular weight excluding hydrogens is 464 g/mol. The highest BCUT2D eigenvalue weighted by atomic mass is 32.2. The van der Waals surface area contributed by atoms with Crippen molar-refractivity contribution in [2.75, 3.05) is 26.7 Å². The van der Waals surface area contributed by atoms with E-state index in [-0.39, 0.29) is 11.8 Å². The quantitative estimate of drug-likeness (QED) is 0.411. The number of aryl methyl sites for hydroxylation is 1. The number of aromatic amines is 1. The first-order valence-corrected chi connectivity index (χ1v) is 13.3. The van der Waals surface area contributed by atoms with Crippen LogP contribution in [0.15, 0.2) is 59.8 Å². The summed E-state index contributed by atoms with van der Waals surface area (Å²) in [6, 6.07) is 13.0. The van der Waals surface area contributed by atoms with E-state index < -0.39 is 10.0 Å². The van der Waals surface area contributed by atoms with Crippen LogP contribution < -0.4 is 10.1 Å². The molecule has 4 aromatic rings. The van der Waals surface area contributed by atoms with E-state index in [4.69, 9.17) is 4.74 Å². The Kier molecular flexibility index (Phi) is 6.29. The topological polar surface area (TPSA) is 96.4 Å². The molecule has 184 valence electrons. The van der Waals surface area contributed by atoms with E-state index in [1.165, 1.54) is 4.31 Å². The van der Waals surface area contributed by atoms with Gasteiger partial charge in [0.1, 0.15) is 5.75 Å². The minimum absolute atomic E-state index is 0.00910. The molecule has 1 aliphatic rings. The van der Waals surface area contributed by atoms with E-state index in [1.54, 1.807) is 19.2 Å². The number of amides is 1. The van der Waals surface area contributed by atoms with E-state index >= 15 is 0 Å². The number of H-pyrrole nitrogens is 1. The van der Waals surface area contributed by atoms with Gasteiger partial charge in [0, 0.05) is 66.8 Å². The van der Waals surface area contributed by atoms with Gasteiger partial charge in [-0.3, -0.25) is 4.79 Å². The van der Waals surface area contributed by atoms with Crippen LogP contribution in [0.2, 0.25) is 0 Å². The van der Waals surface area contributed by atoms with Crippen molar-refractivity contribution >= 4 is 37.7 Å². The van der Waals surface area contributed by atoms with Gasteiger partial charge in [0.05, 0.1) is 12.0 Å². The van der Waals surface area contributed by atoms with Gasteiger partial charge >= 0.3 is 0 Å². The number of carbonyl (C=O) groups is 1. The highest BCUT2D eigenvalue weighted by Gasteiger charge is 2.32. The third-order valence-corrected chi connectivity index (χ3v) is 8.88. The summed E-state index contributed by atoms with van der Waals surface area (Å²) < 4.78 is 35.1. The smallest absolute Gasteiger partial charge is 0.243 e. The van der Waals surface area contributed by atoms with Crippen LogP contribution >= 0.6 is 0 Å². The predicted octanol–water partition coefficient (Wildman–Crippen LogP) is 3.43. The molecule has 5 rings (SSSR count). The molecular formula is C26H30N4O4S. The lowest BCUT2D eigenvalue weighted by atomic mass is 9.97. The molecule has 1 saturated heterocycles. The van der Waals surface area contributed by atoms with Crippen molar-refractivity contribution in [3.8, 4) is 5.75 Å². The van der Waals surface area contributed by atoms with Crippen molar-refractivity contribution < 1.29 is 17.9 Å². The molecule has 9 heteroatoms. The summed E-state index contributed by atoms with van der Waals surface area (Å²) in [4.78, 5) is 16.3. The number of aromatic nitrogens is 2. The molecule has 2 aromatic carbocycles. The van der Waals surface area contributed by atoms with Crippen LogP contribution in [0.4, 0.5) is 0 Å². The fraction of sp³-hybridized carbons (Fsp3) is 0.346. The molecule has 1 amide bonds. The van der Waals surface area contributed by atoms with Crippen LogP contribution in [0.3, 0.4) is 0 Å². The van der Waals surface area contributed by atoms with Crippen molar-refractivity contribution in [3.05, 3.63) is 60.4 Å². The summed E-state index contributed by atoms with van der Waals surface area (Å²) in [7, 11) is -0.00844. The Balaban J connectivity index is 1.16. The van der Waals surface area contributed by atoms with Crippen molar-refractivity contribution in [2.45, 2.75) is 24.2 Å². The van der Waals surface area contributed by atoms with Crippen molar-refractivity contribution in [2.24, 2.45) is 13.0 Å². The zero-order chi connectivity index (χ0) is 24.6. The summed E-state index contributed by atoms with van der Waals surface area (Å²) in [5.41, 5.74) is 3.15. The number of sulfonamides is 1. The minimum atomic E-state index is -3.59. The summed E-state index contributed by atoms with van der Waals surface area (Å²) in [6.07, 6.45) is 5.62. The average Bonchev–Trinajstić information content (AvgIpc) is 3.46. The first kappa shape index (κ1) is 23.4. The monoisotopic (exact) mass is 494 g/mol. The SMILES string of the molecule is COc1ccc2[nH]cc(CCNC(=O)C3CCN(S(=O)(=O)c4ccc5c(ccn5C)c4)CC3)c2c1. The molecule has 8 nitrogen and oxygen atoms in total. The number of hydrogen-bond donors (Lipinski definition) is 2. The zero-order valence-electron chi connectivity index (χ0n) is 20.0. The van der Waals surface area contributed by atoms with Gasteiger partial charge in [0.25, 0.3) is 0 Å². The normalized spacial score (nSPS) is 15.6. The lowest BCUT2D eigenvalue weighted by molar-refractivity contribution is -0.126. The Morgan fingerprint density at radius 1 is 1.14 bits per heavy atom. The van der Waals surface area contributed by atoms with Gasteiger partial charge in [0.2, 0.25) is 15.9 Å². The van der Waals surface area contributed by atoms with E-state index in [2.05, 4.69) is 10.3 Å². The number of fused-ring (bicyclic) bond motifs is 2. The molecule has 1 fully saturated rings. The fourth-order valence-electron chi connectivity index (χ4n) is 4.88. The molecule has 0 saturated carbocycles. The highest BCUT2D eigenvalue weighted by molar-refractivity contribution is 7.89. The standard InChI is InChI=1S/C26H30N4O4S/c1-29-12-8-19-15-22(4-6-25(19)29)35(32,33)30-13-9-18(10-14-30)26(31)27-11-7-20-17-28-24-5-3-21(34-2)16-23(20)24/h3-6,8,12,15-18,28H,7,9-11,13-14H2,1-2H3,(H,27,31). The number of nitrogens with zero attached hydrogens (tertiary/aromatic N) is 2. The molecule has 2 aromatic heterocycles. The van der Waals surface area contributed by atoms with E-state index in [0.29, 0.717) is 43.8 Å².